The lowest BCUT2D eigenvalue weighted by Crippen LogP contribution is -2.35. The van der Waals surface area contributed by atoms with Crippen LogP contribution in [0.3, 0.4) is 0 Å². The molecule has 6 heteroatoms. The van der Waals surface area contributed by atoms with E-state index in [1.165, 1.54) is 0 Å². The zero-order chi connectivity index (χ0) is 21.8. The second-order valence-electron chi connectivity index (χ2n) is 7.19. The Kier molecular flexibility index (Phi) is 5.32. The van der Waals surface area contributed by atoms with E-state index in [1.807, 2.05) is 70.3 Å². The summed E-state index contributed by atoms with van der Waals surface area (Å²) in [4.78, 5) is 13.2. The van der Waals surface area contributed by atoms with Crippen LogP contribution >= 0.6 is 0 Å². The Labute approximate surface area is 186 Å². The van der Waals surface area contributed by atoms with Gasteiger partial charge in [-0.05, 0) is 70.8 Å². The van der Waals surface area contributed by atoms with E-state index in [1.54, 1.807) is 31.9 Å². The number of methoxy groups -OCH3 is 1. The summed E-state index contributed by atoms with van der Waals surface area (Å²) >= 11 is 0. The fourth-order valence-electron chi connectivity index (χ4n) is 3.47. The summed E-state index contributed by atoms with van der Waals surface area (Å²) in [5, 5.41) is 0. The topological polar surface area (TPSA) is 55.7 Å². The minimum absolute atomic E-state index is 0.745. The van der Waals surface area contributed by atoms with Gasteiger partial charge in [-0.2, -0.15) is 0 Å². The second-order valence-corrected chi connectivity index (χ2v) is 7.19. The molecule has 5 rings (SSSR count). The molecule has 32 heavy (non-hydrogen) atoms. The SMILES string of the molecule is COc1ccc(-c2cc[n+](-c3cncc(-[n+]4ccc(-c5ccncc5)cc4)n3)cc2)cc1. The fourth-order valence-corrected chi connectivity index (χ4v) is 3.47. The molecule has 0 aliphatic carbocycles. The summed E-state index contributed by atoms with van der Waals surface area (Å²) in [6, 6.07) is 20.2. The fraction of sp³-hybridized carbons (Fsp3) is 0.0385. The van der Waals surface area contributed by atoms with E-state index in [4.69, 9.17) is 9.72 Å². The van der Waals surface area contributed by atoms with Crippen LogP contribution in [0.25, 0.3) is 33.9 Å². The van der Waals surface area contributed by atoms with Crippen molar-refractivity contribution in [2.75, 3.05) is 7.11 Å². The molecule has 4 aromatic heterocycles. The van der Waals surface area contributed by atoms with Gasteiger partial charge in [0.05, 0.1) is 31.9 Å². The lowest BCUT2D eigenvalue weighted by molar-refractivity contribution is -0.612. The van der Waals surface area contributed by atoms with Crippen LogP contribution in [-0.2, 0) is 0 Å². The van der Waals surface area contributed by atoms with E-state index >= 15 is 0 Å². The van der Waals surface area contributed by atoms with Crippen molar-refractivity contribution in [3.8, 4) is 39.6 Å². The van der Waals surface area contributed by atoms with Gasteiger partial charge in [-0.1, -0.05) is 12.1 Å². The molecule has 6 nitrogen and oxygen atoms in total. The molecule has 0 N–H and O–H groups in total. The monoisotopic (exact) mass is 419 g/mol. The largest absolute Gasteiger partial charge is 0.497 e. The number of hydrogen-bond donors (Lipinski definition) is 0. The highest BCUT2D eigenvalue weighted by molar-refractivity contribution is 5.63. The molecule has 5 aromatic rings. The van der Waals surface area contributed by atoms with Crippen molar-refractivity contribution in [3.05, 3.63) is 110 Å². The number of aromatic nitrogens is 5. The number of pyridine rings is 3. The molecule has 0 bridgehead atoms. The molecule has 0 fully saturated rings. The summed E-state index contributed by atoms with van der Waals surface area (Å²) in [5.74, 6) is 2.34. The normalized spacial score (nSPS) is 10.7. The summed E-state index contributed by atoms with van der Waals surface area (Å²) in [5.41, 5.74) is 4.49. The average molecular weight is 419 g/mol. The van der Waals surface area contributed by atoms with Crippen molar-refractivity contribution in [1.29, 1.82) is 0 Å². The maximum atomic E-state index is 5.23. The van der Waals surface area contributed by atoms with Crippen LogP contribution in [0.1, 0.15) is 0 Å². The Morgan fingerprint density at radius 3 is 1.53 bits per heavy atom. The van der Waals surface area contributed by atoms with E-state index in [-0.39, 0.29) is 0 Å². The van der Waals surface area contributed by atoms with Gasteiger partial charge in [-0.15, -0.1) is 0 Å². The van der Waals surface area contributed by atoms with Gasteiger partial charge in [0.2, 0.25) is 0 Å². The Morgan fingerprint density at radius 2 is 1.03 bits per heavy atom. The van der Waals surface area contributed by atoms with Crippen LogP contribution in [0.4, 0.5) is 0 Å². The molecule has 0 aliphatic heterocycles. The first-order valence-electron chi connectivity index (χ1n) is 10.2. The van der Waals surface area contributed by atoms with Gasteiger partial charge in [0.1, 0.15) is 18.1 Å². The van der Waals surface area contributed by atoms with Crippen LogP contribution in [0.2, 0.25) is 0 Å². The molecule has 0 amide bonds. The van der Waals surface area contributed by atoms with Gasteiger partial charge in [0, 0.05) is 17.4 Å². The van der Waals surface area contributed by atoms with Crippen LogP contribution in [0.15, 0.2) is 110 Å². The highest BCUT2D eigenvalue weighted by Crippen LogP contribution is 2.21. The van der Waals surface area contributed by atoms with Crippen molar-refractivity contribution in [2.24, 2.45) is 0 Å². The molecule has 154 valence electrons. The van der Waals surface area contributed by atoms with E-state index in [9.17, 15) is 0 Å². The highest BCUT2D eigenvalue weighted by atomic mass is 16.5. The number of nitrogens with zero attached hydrogens (tertiary/aromatic N) is 5. The second kappa shape index (κ2) is 8.73. The maximum absolute atomic E-state index is 5.23. The Bertz CT molecular complexity index is 1320. The van der Waals surface area contributed by atoms with E-state index < -0.39 is 0 Å². The number of hydrogen-bond acceptors (Lipinski definition) is 4. The Morgan fingerprint density at radius 1 is 0.562 bits per heavy atom. The van der Waals surface area contributed by atoms with Gasteiger partial charge in [-0.3, -0.25) is 4.98 Å². The molecule has 0 aliphatic rings. The minimum Gasteiger partial charge on any atom is -0.497 e. The van der Waals surface area contributed by atoms with Crippen molar-refractivity contribution >= 4 is 0 Å². The van der Waals surface area contributed by atoms with Crippen molar-refractivity contribution in [1.82, 2.24) is 15.0 Å². The number of benzene rings is 1. The predicted octanol–water partition coefficient (Wildman–Crippen LogP) is 3.77. The zero-order valence-electron chi connectivity index (χ0n) is 17.5. The molecule has 4 heterocycles. The van der Waals surface area contributed by atoms with E-state index in [0.29, 0.717) is 0 Å². The van der Waals surface area contributed by atoms with Gasteiger partial charge in [0.25, 0.3) is 0 Å². The first kappa shape index (κ1) is 19.5. The standard InChI is InChI=1S/C26H21N5O/c1-32-24-4-2-20(3-5-24)22-8-14-30(15-9-22)25-18-28-19-26(29-25)31-16-10-23(11-17-31)21-6-12-27-13-7-21/h2-19H,1H3/q+2. The predicted molar refractivity (Wildman–Crippen MR) is 120 cm³/mol. The Hall–Kier alpha value is -4.45. The average Bonchev–Trinajstić information content (AvgIpc) is 2.89. The van der Waals surface area contributed by atoms with Crippen molar-refractivity contribution in [2.45, 2.75) is 0 Å². The quantitative estimate of drug-likeness (QED) is 0.407. The molecule has 0 radical (unpaired) electrons. The summed E-state index contributed by atoms with van der Waals surface area (Å²) in [6.07, 6.45) is 15.0. The summed E-state index contributed by atoms with van der Waals surface area (Å²) < 4.78 is 9.14. The van der Waals surface area contributed by atoms with Gasteiger partial charge in [-0.25, -0.2) is 14.1 Å². The molecule has 0 unspecified atom stereocenters. The molecule has 0 saturated carbocycles. The lowest BCUT2D eigenvalue weighted by Gasteiger charge is -2.04. The first-order valence-corrected chi connectivity index (χ1v) is 10.2. The van der Waals surface area contributed by atoms with Crippen LogP contribution in [0, 0.1) is 0 Å². The molecule has 1 aromatic carbocycles. The lowest BCUT2D eigenvalue weighted by atomic mass is 10.1. The maximum Gasteiger partial charge on any atom is 0.351 e. The van der Waals surface area contributed by atoms with Gasteiger partial charge >= 0.3 is 11.6 Å². The molecular weight excluding hydrogens is 398 g/mol. The van der Waals surface area contributed by atoms with Gasteiger partial charge in [0.15, 0.2) is 0 Å². The van der Waals surface area contributed by atoms with E-state index in [0.717, 1.165) is 39.6 Å². The molecular formula is C26H21N5O+2. The van der Waals surface area contributed by atoms with Crippen LogP contribution < -0.4 is 13.9 Å². The van der Waals surface area contributed by atoms with Crippen molar-refractivity contribution in [3.63, 3.8) is 0 Å². The van der Waals surface area contributed by atoms with Crippen LogP contribution in [-0.4, -0.2) is 22.1 Å². The number of rotatable bonds is 5. The van der Waals surface area contributed by atoms with Crippen molar-refractivity contribution < 1.29 is 13.9 Å². The smallest absolute Gasteiger partial charge is 0.351 e. The van der Waals surface area contributed by atoms with E-state index in [2.05, 4.69) is 34.2 Å². The van der Waals surface area contributed by atoms with Gasteiger partial charge < -0.3 is 4.74 Å². The molecule has 0 spiro atoms. The minimum atomic E-state index is 0.745. The van der Waals surface area contributed by atoms with Crippen LogP contribution in [0.5, 0.6) is 5.75 Å². The third-order valence-electron chi connectivity index (χ3n) is 5.23. The third kappa shape index (κ3) is 4.06. The molecule has 0 atom stereocenters. The highest BCUT2D eigenvalue weighted by Gasteiger charge is 2.15. The third-order valence-corrected chi connectivity index (χ3v) is 5.23. The molecule has 0 saturated heterocycles. The Balaban J connectivity index is 1.39. The summed E-state index contributed by atoms with van der Waals surface area (Å²) in [7, 11) is 1.67. The number of ether oxygens (including phenoxy) is 1. The zero-order valence-corrected chi connectivity index (χ0v) is 17.5. The first-order chi connectivity index (χ1) is 15.8. The summed E-state index contributed by atoms with van der Waals surface area (Å²) in [6.45, 7) is 0.